The Morgan fingerprint density at radius 2 is 1.76 bits per heavy atom. The van der Waals surface area contributed by atoms with Crippen LogP contribution >= 0.6 is 0 Å². The fourth-order valence-corrected chi connectivity index (χ4v) is 3.67. The second kappa shape index (κ2) is 8.26. The molecule has 1 aliphatic carbocycles. The first kappa shape index (κ1) is 20.9. The number of rotatable bonds is 7. The Morgan fingerprint density at radius 1 is 1.10 bits per heavy atom. The summed E-state index contributed by atoms with van der Waals surface area (Å²) in [5.41, 5.74) is -0.345. The topological polar surface area (TPSA) is 102 Å². The molecule has 1 aliphatic rings. The average molecular weight is 424 g/mol. The van der Waals surface area contributed by atoms with Crippen LogP contribution in [0.25, 0.3) is 0 Å². The van der Waals surface area contributed by atoms with E-state index in [0.717, 1.165) is 31.0 Å². The second-order valence-corrected chi connectivity index (χ2v) is 8.29. The van der Waals surface area contributed by atoms with Gasteiger partial charge in [0, 0.05) is 12.1 Å². The molecule has 7 nitrogen and oxygen atoms in total. The van der Waals surface area contributed by atoms with Gasteiger partial charge in [0.15, 0.2) is 6.10 Å². The molecule has 154 valence electrons. The van der Waals surface area contributed by atoms with Crippen LogP contribution in [-0.4, -0.2) is 32.4 Å². The van der Waals surface area contributed by atoms with Gasteiger partial charge in [0.25, 0.3) is 5.91 Å². The van der Waals surface area contributed by atoms with Crippen LogP contribution in [0.1, 0.15) is 30.1 Å². The third-order valence-corrected chi connectivity index (χ3v) is 5.68. The van der Waals surface area contributed by atoms with Gasteiger partial charge in [0.05, 0.1) is 16.1 Å². The van der Waals surface area contributed by atoms with Gasteiger partial charge in [-0.3, -0.25) is 4.79 Å². The van der Waals surface area contributed by atoms with Crippen molar-refractivity contribution in [2.45, 2.75) is 36.8 Å². The minimum Gasteiger partial charge on any atom is -0.449 e. The first-order chi connectivity index (χ1) is 13.7. The lowest BCUT2D eigenvalue weighted by Gasteiger charge is -2.14. The number of nitrogens with one attached hydrogen (secondary N) is 2. The zero-order valence-corrected chi connectivity index (χ0v) is 16.1. The number of anilines is 1. The monoisotopic (exact) mass is 424 g/mol. The van der Waals surface area contributed by atoms with Crippen molar-refractivity contribution in [3.05, 3.63) is 59.7 Å². The van der Waals surface area contributed by atoms with Crippen molar-refractivity contribution in [2.75, 3.05) is 5.32 Å². The van der Waals surface area contributed by atoms with Crippen LogP contribution in [-0.2, 0) is 19.6 Å². The molecule has 3 rings (SSSR count). The summed E-state index contributed by atoms with van der Waals surface area (Å²) < 4.78 is 58.5. The highest BCUT2D eigenvalue weighted by Gasteiger charge is 2.28. The number of carbonyl (C=O) groups is 2. The van der Waals surface area contributed by atoms with Crippen LogP contribution in [0.4, 0.5) is 14.5 Å². The molecular formula is C19H18F2N2O5S. The van der Waals surface area contributed by atoms with Gasteiger partial charge < -0.3 is 10.1 Å². The maximum Gasteiger partial charge on any atom is 0.338 e. The predicted molar refractivity (Wildman–Crippen MR) is 99.7 cm³/mol. The number of esters is 1. The van der Waals surface area contributed by atoms with E-state index in [4.69, 9.17) is 4.74 Å². The number of halogens is 2. The highest BCUT2D eigenvalue weighted by atomic mass is 32.2. The van der Waals surface area contributed by atoms with Gasteiger partial charge in [0.2, 0.25) is 10.0 Å². The highest BCUT2D eigenvalue weighted by molar-refractivity contribution is 7.89. The van der Waals surface area contributed by atoms with Crippen LogP contribution < -0.4 is 10.0 Å². The number of ether oxygens (including phenoxy) is 1. The molecule has 10 heteroatoms. The Balaban J connectivity index is 1.61. The summed E-state index contributed by atoms with van der Waals surface area (Å²) in [6.07, 6.45) is 0.289. The number of carbonyl (C=O) groups excluding carboxylic acids is 2. The fraction of sp³-hybridized carbons (Fsp3) is 0.263. The number of sulfonamides is 1. The van der Waals surface area contributed by atoms with Crippen molar-refractivity contribution in [1.82, 2.24) is 4.72 Å². The molecule has 2 aromatic carbocycles. The minimum atomic E-state index is -3.65. The van der Waals surface area contributed by atoms with Gasteiger partial charge in [-0.15, -0.1) is 0 Å². The van der Waals surface area contributed by atoms with E-state index in [2.05, 4.69) is 10.0 Å². The van der Waals surface area contributed by atoms with E-state index in [9.17, 15) is 26.8 Å². The van der Waals surface area contributed by atoms with Crippen LogP contribution in [0.3, 0.4) is 0 Å². The molecule has 1 unspecified atom stereocenters. The Bertz CT molecular complexity index is 1040. The molecule has 0 aromatic heterocycles. The molecule has 0 heterocycles. The summed E-state index contributed by atoms with van der Waals surface area (Å²) in [7, 11) is -3.65. The smallest absolute Gasteiger partial charge is 0.338 e. The molecule has 1 saturated carbocycles. The lowest BCUT2D eigenvalue weighted by Crippen LogP contribution is -2.30. The van der Waals surface area contributed by atoms with Crippen molar-refractivity contribution in [3.63, 3.8) is 0 Å². The third-order valence-electron chi connectivity index (χ3n) is 4.14. The zero-order valence-electron chi connectivity index (χ0n) is 15.3. The molecule has 1 amide bonds. The van der Waals surface area contributed by atoms with Crippen molar-refractivity contribution >= 4 is 27.6 Å². The van der Waals surface area contributed by atoms with Crippen LogP contribution in [0.5, 0.6) is 0 Å². The van der Waals surface area contributed by atoms with Gasteiger partial charge >= 0.3 is 5.97 Å². The predicted octanol–water partition coefficient (Wildman–Crippen LogP) is 2.59. The molecule has 0 aliphatic heterocycles. The normalized spacial score (nSPS) is 14.9. The van der Waals surface area contributed by atoms with Crippen molar-refractivity contribution in [2.24, 2.45) is 0 Å². The Labute approximate surface area is 166 Å². The number of amides is 1. The maximum atomic E-state index is 13.6. The van der Waals surface area contributed by atoms with Crippen molar-refractivity contribution < 1.29 is 31.5 Å². The fourth-order valence-electron chi connectivity index (χ4n) is 2.37. The summed E-state index contributed by atoms with van der Waals surface area (Å²) in [6.45, 7) is 1.27. The van der Waals surface area contributed by atoms with E-state index >= 15 is 0 Å². The molecule has 1 atom stereocenters. The van der Waals surface area contributed by atoms with Crippen LogP contribution in [0.15, 0.2) is 47.4 Å². The van der Waals surface area contributed by atoms with Gasteiger partial charge in [0.1, 0.15) is 11.6 Å². The van der Waals surface area contributed by atoms with Crippen molar-refractivity contribution in [3.8, 4) is 0 Å². The zero-order chi connectivity index (χ0) is 21.2. The first-order valence-corrected chi connectivity index (χ1v) is 10.2. The van der Waals surface area contributed by atoms with E-state index in [1.165, 1.54) is 31.2 Å². The number of benzene rings is 2. The highest BCUT2D eigenvalue weighted by Crippen LogP contribution is 2.22. The van der Waals surface area contributed by atoms with E-state index in [-0.39, 0.29) is 22.2 Å². The Morgan fingerprint density at radius 3 is 2.38 bits per heavy atom. The summed E-state index contributed by atoms with van der Waals surface area (Å²) in [4.78, 5) is 24.3. The first-order valence-electron chi connectivity index (χ1n) is 8.75. The van der Waals surface area contributed by atoms with E-state index in [0.29, 0.717) is 0 Å². The van der Waals surface area contributed by atoms with Crippen LogP contribution in [0.2, 0.25) is 0 Å². The number of hydrogen-bond acceptors (Lipinski definition) is 5. The maximum absolute atomic E-state index is 13.6. The molecule has 1 fully saturated rings. The lowest BCUT2D eigenvalue weighted by molar-refractivity contribution is -0.123. The van der Waals surface area contributed by atoms with E-state index < -0.39 is 39.6 Å². The van der Waals surface area contributed by atoms with Crippen molar-refractivity contribution in [1.29, 1.82) is 0 Å². The van der Waals surface area contributed by atoms with E-state index in [1.54, 1.807) is 0 Å². The van der Waals surface area contributed by atoms with E-state index in [1.807, 2.05) is 0 Å². The quantitative estimate of drug-likeness (QED) is 0.666. The number of hydrogen-bond donors (Lipinski definition) is 2. The lowest BCUT2D eigenvalue weighted by atomic mass is 10.2. The van der Waals surface area contributed by atoms with Gasteiger partial charge in [-0.05, 0) is 56.2 Å². The minimum absolute atomic E-state index is 0.00770. The van der Waals surface area contributed by atoms with Gasteiger partial charge in [-0.2, -0.15) is 0 Å². The Hall–Kier alpha value is -2.85. The molecule has 2 aromatic rings. The average Bonchev–Trinajstić information content (AvgIpc) is 3.48. The van der Waals surface area contributed by atoms with Gasteiger partial charge in [-0.25, -0.2) is 26.7 Å². The molecule has 0 bridgehead atoms. The molecule has 0 saturated heterocycles. The molecule has 0 radical (unpaired) electrons. The summed E-state index contributed by atoms with van der Waals surface area (Å²) in [6, 6.07) is 7.56. The largest absolute Gasteiger partial charge is 0.449 e. The van der Waals surface area contributed by atoms with Crippen LogP contribution in [0, 0.1) is 11.6 Å². The summed E-state index contributed by atoms with van der Waals surface area (Å²) >= 11 is 0. The summed E-state index contributed by atoms with van der Waals surface area (Å²) in [5, 5.41) is 2.14. The summed E-state index contributed by atoms with van der Waals surface area (Å²) in [5.74, 6) is -3.30. The Kier molecular flexibility index (Phi) is 5.94. The molecular weight excluding hydrogens is 406 g/mol. The SMILES string of the molecule is CC(OC(=O)c1ccc(S(=O)(=O)NC2CC2)cc1)C(=O)Nc1cc(F)ccc1F. The standard InChI is InChI=1S/C19H18F2N2O5S/c1-11(18(24)22-17-10-13(20)4-9-16(17)21)28-19(25)12-2-7-15(8-3-12)29(26,27)23-14-5-6-14/h2-4,7-11,14,23H,5-6H2,1H3,(H,22,24). The molecule has 2 N–H and O–H groups in total. The molecule has 29 heavy (non-hydrogen) atoms. The third kappa shape index (κ3) is 5.36. The molecule has 0 spiro atoms. The van der Waals surface area contributed by atoms with Gasteiger partial charge in [-0.1, -0.05) is 0 Å². The second-order valence-electron chi connectivity index (χ2n) is 6.58.